The van der Waals surface area contributed by atoms with Crippen LogP contribution in [0, 0.1) is 0 Å². The summed E-state index contributed by atoms with van der Waals surface area (Å²) in [6.45, 7) is 0. The molecule has 2 fully saturated rings. The number of nitrogens with one attached hydrogen (secondary N) is 1. The van der Waals surface area contributed by atoms with Gasteiger partial charge in [0.15, 0.2) is 0 Å². The van der Waals surface area contributed by atoms with Crippen molar-refractivity contribution in [2.24, 2.45) is 5.73 Å². The second kappa shape index (κ2) is 1.74. The van der Waals surface area contributed by atoms with E-state index < -0.39 is 0 Å². The highest BCUT2D eigenvalue weighted by Crippen LogP contribution is 2.62. The first-order valence-electron chi connectivity index (χ1n) is 4.55. The molecule has 64 valence electrons. The first-order valence-corrected chi connectivity index (χ1v) is 4.55. The molecular weight excluding hydrogens is 150 g/mol. The molecule has 0 saturated heterocycles. The fourth-order valence-electron chi connectivity index (χ4n) is 2.29. The second-order valence-electron chi connectivity index (χ2n) is 4.20. The molecule has 3 N–H and O–H groups in total. The Morgan fingerprint density at radius 1 is 1.33 bits per heavy atom. The predicted molar refractivity (Wildman–Crippen MR) is 45.7 cm³/mol. The molecule has 0 spiro atoms. The third kappa shape index (κ3) is 0.630. The first kappa shape index (κ1) is 6.66. The van der Waals surface area contributed by atoms with E-state index in [-0.39, 0.29) is 11.0 Å². The predicted octanol–water partition coefficient (Wildman–Crippen LogP) is 0.933. The molecule has 2 saturated carbocycles. The minimum atomic E-state index is 0.111. The van der Waals surface area contributed by atoms with Crippen LogP contribution in [0.5, 0.6) is 0 Å². The van der Waals surface area contributed by atoms with E-state index in [0.717, 1.165) is 0 Å². The number of H-pyrrole nitrogens is 1. The van der Waals surface area contributed by atoms with Gasteiger partial charge in [0, 0.05) is 22.8 Å². The standard InChI is InChI=1S/C9H13N3/c10-9(3-4-9)8(1-2-8)7-5-11-6-12-7/h5-6H,1-4,10H2,(H,11,12). The van der Waals surface area contributed by atoms with Gasteiger partial charge in [-0.05, 0) is 25.7 Å². The van der Waals surface area contributed by atoms with Gasteiger partial charge in [-0.15, -0.1) is 0 Å². The van der Waals surface area contributed by atoms with Crippen LogP contribution >= 0.6 is 0 Å². The van der Waals surface area contributed by atoms with Crippen molar-refractivity contribution in [3.8, 4) is 0 Å². The van der Waals surface area contributed by atoms with Crippen molar-refractivity contribution in [2.45, 2.75) is 36.6 Å². The molecule has 0 atom stereocenters. The van der Waals surface area contributed by atoms with Gasteiger partial charge in [0.2, 0.25) is 0 Å². The summed E-state index contributed by atoms with van der Waals surface area (Å²) in [5, 5.41) is 0. The smallest absolute Gasteiger partial charge is 0.0921 e. The van der Waals surface area contributed by atoms with Crippen molar-refractivity contribution < 1.29 is 0 Å². The molecule has 0 amide bonds. The zero-order valence-electron chi connectivity index (χ0n) is 7.01. The highest BCUT2D eigenvalue weighted by molar-refractivity contribution is 5.35. The zero-order chi connectivity index (χ0) is 8.23. The fourth-order valence-corrected chi connectivity index (χ4v) is 2.29. The van der Waals surface area contributed by atoms with Crippen molar-refractivity contribution in [1.29, 1.82) is 0 Å². The minimum absolute atomic E-state index is 0.111. The SMILES string of the molecule is NC1(C2(c3cnc[nH]3)CC2)CC1. The van der Waals surface area contributed by atoms with E-state index in [9.17, 15) is 0 Å². The van der Waals surface area contributed by atoms with Crippen LogP contribution in [0.1, 0.15) is 31.4 Å². The molecule has 3 rings (SSSR count). The maximum absolute atomic E-state index is 6.23. The van der Waals surface area contributed by atoms with Crippen LogP contribution < -0.4 is 5.73 Å². The van der Waals surface area contributed by atoms with Crippen LogP contribution in [0.15, 0.2) is 12.5 Å². The molecule has 2 aliphatic rings. The molecule has 1 aromatic rings. The maximum Gasteiger partial charge on any atom is 0.0921 e. The van der Waals surface area contributed by atoms with E-state index in [2.05, 4.69) is 9.97 Å². The molecule has 0 bridgehead atoms. The van der Waals surface area contributed by atoms with Crippen LogP contribution in [0.25, 0.3) is 0 Å². The van der Waals surface area contributed by atoms with Crippen molar-refractivity contribution in [3.63, 3.8) is 0 Å². The van der Waals surface area contributed by atoms with E-state index in [1.54, 1.807) is 6.33 Å². The molecule has 0 unspecified atom stereocenters. The van der Waals surface area contributed by atoms with E-state index >= 15 is 0 Å². The summed E-state index contributed by atoms with van der Waals surface area (Å²) in [7, 11) is 0. The zero-order valence-corrected chi connectivity index (χ0v) is 7.01. The number of nitrogens with zero attached hydrogens (tertiary/aromatic N) is 1. The van der Waals surface area contributed by atoms with Gasteiger partial charge in [0.1, 0.15) is 0 Å². The van der Waals surface area contributed by atoms with Crippen LogP contribution in [0.3, 0.4) is 0 Å². The maximum atomic E-state index is 6.23. The van der Waals surface area contributed by atoms with Gasteiger partial charge in [0.05, 0.1) is 6.33 Å². The summed E-state index contributed by atoms with van der Waals surface area (Å²) in [5.74, 6) is 0. The summed E-state index contributed by atoms with van der Waals surface area (Å²) in [5.41, 5.74) is 7.87. The Labute approximate surface area is 71.4 Å². The molecule has 12 heavy (non-hydrogen) atoms. The summed E-state index contributed by atoms with van der Waals surface area (Å²) in [4.78, 5) is 7.25. The number of nitrogens with two attached hydrogens (primary N) is 1. The number of rotatable bonds is 2. The summed E-state index contributed by atoms with van der Waals surface area (Å²) >= 11 is 0. The van der Waals surface area contributed by atoms with Crippen LogP contribution in [0.2, 0.25) is 0 Å². The Kier molecular flexibility index (Phi) is 0.966. The van der Waals surface area contributed by atoms with Crippen molar-refractivity contribution in [1.82, 2.24) is 9.97 Å². The normalized spacial score (nSPS) is 28.4. The van der Waals surface area contributed by atoms with Crippen LogP contribution in [-0.4, -0.2) is 15.5 Å². The van der Waals surface area contributed by atoms with Gasteiger partial charge in [-0.2, -0.15) is 0 Å². The number of aromatic amines is 1. The molecule has 1 aromatic heterocycles. The van der Waals surface area contributed by atoms with E-state index in [1.165, 1.54) is 31.4 Å². The van der Waals surface area contributed by atoms with Crippen LogP contribution in [-0.2, 0) is 5.41 Å². The second-order valence-corrected chi connectivity index (χ2v) is 4.20. The van der Waals surface area contributed by atoms with Crippen LogP contribution in [0.4, 0.5) is 0 Å². The molecule has 0 radical (unpaired) electrons. The lowest BCUT2D eigenvalue weighted by atomic mass is 9.91. The Bertz CT molecular complexity index is 294. The third-order valence-electron chi connectivity index (χ3n) is 3.51. The van der Waals surface area contributed by atoms with Gasteiger partial charge in [0.25, 0.3) is 0 Å². The van der Waals surface area contributed by atoms with E-state index in [1.807, 2.05) is 6.20 Å². The Hall–Kier alpha value is -0.830. The highest BCUT2D eigenvalue weighted by Gasteiger charge is 2.64. The number of imidazole rings is 1. The number of hydrogen-bond donors (Lipinski definition) is 2. The summed E-state index contributed by atoms with van der Waals surface area (Å²) < 4.78 is 0. The van der Waals surface area contributed by atoms with Crippen molar-refractivity contribution in [3.05, 3.63) is 18.2 Å². The van der Waals surface area contributed by atoms with Gasteiger partial charge >= 0.3 is 0 Å². The van der Waals surface area contributed by atoms with Gasteiger partial charge in [-0.25, -0.2) is 4.98 Å². The quantitative estimate of drug-likeness (QED) is 0.681. The van der Waals surface area contributed by atoms with Crippen molar-refractivity contribution >= 4 is 0 Å². The lowest BCUT2D eigenvalue weighted by Crippen LogP contribution is -2.37. The first-order chi connectivity index (χ1) is 5.77. The average molecular weight is 163 g/mol. The number of hydrogen-bond acceptors (Lipinski definition) is 2. The highest BCUT2D eigenvalue weighted by atomic mass is 15.0. The number of aromatic nitrogens is 2. The average Bonchev–Trinajstić information content (AvgIpc) is 2.96. The Morgan fingerprint density at radius 2 is 2.08 bits per heavy atom. The summed E-state index contributed by atoms with van der Waals surface area (Å²) in [6.07, 6.45) is 8.54. The monoisotopic (exact) mass is 163 g/mol. The van der Waals surface area contributed by atoms with Gasteiger partial charge in [-0.1, -0.05) is 0 Å². The molecule has 2 aliphatic carbocycles. The summed E-state index contributed by atoms with van der Waals surface area (Å²) in [6, 6.07) is 0. The van der Waals surface area contributed by atoms with E-state index in [0.29, 0.717) is 0 Å². The molecule has 3 nitrogen and oxygen atoms in total. The minimum Gasteiger partial charge on any atom is -0.348 e. The van der Waals surface area contributed by atoms with Crippen molar-refractivity contribution in [2.75, 3.05) is 0 Å². The lowest BCUT2D eigenvalue weighted by molar-refractivity contribution is 0.493. The van der Waals surface area contributed by atoms with Gasteiger partial charge in [-0.3, -0.25) is 0 Å². The topological polar surface area (TPSA) is 54.7 Å². The third-order valence-corrected chi connectivity index (χ3v) is 3.51. The molecule has 3 heteroatoms. The fraction of sp³-hybridized carbons (Fsp3) is 0.667. The largest absolute Gasteiger partial charge is 0.348 e. The van der Waals surface area contributed by atoms with E-state index in [4.69, 9.17) is 5.73 Å². The molecule has 0 aromatic carbocycles. The Balaban J connectivity index is 2.02. The molecule has 0 aliphatic heterocycles. The lowest BCUT2D eigenvalue weighted by Gasteiger charge is -2.20. The molecular formula is C9H13N3. The molecule has 1 heterocycles. The van der Waals surface area contributed by atoms with Gasteiger partial charge < -0.3 is 10.7 Å². The Morgan fingerprint density at radius 3 is 2.50 bits per heavy atom.